The summed E-state index contributed by atoms with van der Waals surface area (Å²) in [6.07, 6.45) is 0.423. The number of fused-ring (bicyclic) bond motifs is 3. The average molecular weight is 330 g/mol. The van der Waals surface area contributed by atoms with Gasteiger partial charge in [-0.25, -0.2) is 9.59 Å². The first-order chi connectivity index (χ1) is 11.4. The first kappa shape index (κ1) is 16.4. The molecule has 2 aromatic rings. The number of hydrogen-bond acceptors (Lipinski definition) is 3. The normalized spacial score (nSPS) is 14.1. The van der Waals surface area contributed by atoms with Gasteiger partial charge in [-0.15, -0.1) is 0 Å². The van der Waals surface area contributed by atoms with Crippen LogP contribution in [0.2, 0.25) is 0 Å². The van der Waals surface area contributed by atoms with E-state index in [2.05, 4.69) is 18.4 Å². The minimum absolute atomic E-state index is 0.263. The smallest absolute Gasteiger partial charge is 0.410 e. The number of carbonyl (C=O) groups is 2. The minimum atomic E-state index is -0.944. The van der Waals surface area contributed by atoms with Crippen molar-refractivity contribution in [2.45, 2.75) is 39.8 Å². The van der Waals surface area contributed by atoms with Gasteiger partial charge in [-0.3, -0.25) is 0 Å². The fraction of sp³-hybridized carbons (Fsp3) is 0.444. The van der Waals surface area contributed by atoms with E-state index in [1.165, 1.54) is 5.69 Å². The summed E-state index contributed by atoms with van der Waals surface area (Å²) < 4.78 is 7.36. The summed E-state index contributed by atoms with van der Waals surface area (Å²) in [6.45, 7) is 7.43. The van der Waals surface area contributed by atoms with Crippen molar-refractivity contribution in [3.63, 3.8) is 0 Å². The van der Waals surface area contributed by atoms with Crippen LogP contribution in [0.25, 0.3) is 10.9 Å². The second kappa shape index (κ2) is 6.19. The lowest BCUT2D eigenvalue weighted by Gasteiger charge is -2.28. The third kappa shape index (κ3) is 2.62. The molecule has 0 radical (unpaired) electrons. The van der Waals surface area contributed by atoms with E-state index in [9.17, 15) is 14.7 Å². The molecule has 0 atom stereocenters. The van der Waals surface area contributed by atoms with Crippen LogP contribution in [0.3, 0.4) is 0 Å². The van der Waals surface area contributed by atoms with Gasteiger partial charge >= 0.3 is 12.1 Å². The number of aromatic nitrogens is 1. The van der Waals surface area contributed by atoms with Gasteiger partial charge in [0, 0.05) is 41.2 Å². The monoisotopic (exact) mass is 330 g/mol. The number of rotatable bonds is 3. The second-order valence-electron chi connectivity index (χ2n) is 6.30. The maximum absolute atomic E-state index is 12.1. The van der Waals surface area contributed by atoms with Crippen molar-refractivity contribution in [1.29, 1.82) is 0 Å². The summed E-state index contributed by atoms with van der Waals surface area (Å²) in [4.78, 5) is 25.1. The van der Waals surface area contributed by atoms with Crippen LogP contribution in [0, 0.1) is 0 Å². The number of benzene rings is 1. The van der Waals surface area contributed by atoms with Gasteiger partial charge in [0.2, 0.25) is 0 Å². The van der Waals surface area contributed by atoms with E-state index in [4.69, 9.17) is 4.74 Å². The summed E-state index contributed by atoms with van der Waals surface area (Å²) in [7, 11) is 0. The maximum atomic E-state index is 12.1. The number of carboxylic acid groups (broad SMARTS) is 1. The molecule has 1 N–H and O–H groups in total. The van der Waals surface area contributed by atoms with Gasteiger partial charge in [-0.1, -0.05) is 0 Å². The van der Waals surface area contributed by atoms with Crippen molar-refractivity contribution in [2.24, 2.45) is 0 Å². The van der Waals surface area contributed by atoms with Gasteiger partial charge < -0.3 is 19.3 Å². The summed E-state index contributed by atoms with van der Waals surface area (Å²) in [5.74, 6) is -0.944. The van der Waals surface area contributed by atoms with Crippen molar-refractivity contribution in [2.75, 3.05) is 13.2 Å². The highest BCUT2D eigenvalue weighted by Gasteiger charge is 2.28. The van der Waals surface area contributed by atoms with Gasteiger partial charge in [0.15, 0.2) is 0 Å². The van der Waals surface area contributed by atoms with E-state index in [0.717, 1.165) is 22.9 Å². The lowest BCUT2D eigenvalue weighted by atomic mass is 10.0. The molecule has 128 valence electrons. The van der Waals surface area contributed by atoms with Crippen LogP contribution >= 0.6 is 0 Å². The number of aromatic carboxylic acids is 1. The number of amides is 1. The molecule has 0 bridgehead atoms. The Morgan fingerprint density at radius 3 is 2.71 bits per heavy atom. The molecule has 24 heavy (non-hydrogen) atoms. The summed E-state index contributed by atoms with van der Waals surface area (Å²) >= 11 is 0. The maximum Gasteiger partial charge on any atom is 0.410 e. The Hall–Kier alpha value is -2.50. The second-order valence-corrected chi connectivity index (χ2v) is 6.30. The first-order valence-electron chi connectivity index (χ1n) is 8.24. The first-order valence-corrected chi connectivity index (χ1v) is 8.24. The average Bonchev–Trinajstić information content (AvgIpc) is 2.87. The quantitative estimate of drug-likeness (QED) is 0.936. The molecule has 1 aliphatic heterocycles. The highest BCUT2D eigenvalue weighted by molar-refractivity contribution is 5.95. The largest absolute Gasteiger partial charge is 0.478 e. The van der Waals surface area contributed by atoms with Crippen molar-refractivity contribution in [3.8, 4) is 0 Å². The molecule has 6 nitrogen and oxygen atoms in total. The Balaban J connectivity index is 2.13. The Kier molecular flexibility index (Phi) is 4.22. The SMILES string of the molecule is CCOC(=O)N1CCc2c(c3cc(C(=O)O)ccc3n2C(C)C)C1. The molecule has 0 unspecified atom stereocenters. The van der Waals surface area contributed by atoms with E-state index in [1.54, 1.807) is 24.0 Å². The molecule has 2 heterocycles. The number of nitrogens with zero attached hydrogens (tertiary/aromatic N) is 2. The zero-order chi connectivity index (χ0) is 17.4. The highest BCUT2D eigenvalue weighted by atomic mass is 16.6. The van der Waals surface area contributed by atoms with E-state index in [0.29, 0.717) is 19.7 Å². The summed E-state index contributed by atoms with van der Waals surface area (Å²) in [5, 5.41) is 10.2. The zero-order valence-corrected chi connectivity index (χ0v) is 14.2. The lowest BCUT2D eigenvalue weighted by molar-refractivity contribution is 0.0696. The van der Waals surface area contributed by atoms with Gasteiger partial charge in [-0.2, -0.15) is 0 Å². The van der Waals surface area contributed by atoms with Crippen LogP contribution in [0.5, 0.6) is 0 Å². The molecule has 0 aliphatic carbocycles. The topological polar surface area (TPSA) is 71.8 Å². The van der Waals surface area contributed by atoms with Crippen LogP contribution in [-0.4, -0.2) is 39.8 Å². The van der Waals surface area contributed by atoms with Crippen molar-refractivity contribution in [1.82, 2.24) is 9.47 Å². The molecule has 0 fully saturated rings. The van der Waals surface area contributed by atoms with E-state index < -0.39 is 5.97 Å². The Morgan fingerprint density at radius 2 is 2.08 bits per heavy atom. The van der Waals surface area contributed by atoms with E-state index >= 15 is 0 Å². The van der Waals surface area contributed by atoms with Gasteiger partial charge in [0.25, 0.3) is 0 Å². The van der Waals surface area contributed by atoms with E-state index in [-0.39, 0.29) is 17.7 Å². The van der Waals surface area contributed by atoms with Crippen LogP contribution < -0.4 is 0 Å². The zero-order valence-electron chi connectivity index (χ0n) is 14.2. The molecule has 0 saturated heterocycles. The molecule has 6 heteroatoms. The Morgan fingerprint density at radius 1 is 1.33 bits per heavy atom. The standard InChI is InChI=1S/C18H22N2O4/c1-4-24-18(23)19-8-7-16-14(10-19)13-9-12(17(21)22)5-6-15(13)20(16)11(2)3/h5-6,9,11H,4,7-8,10H2,1-3H3,(H,21,22). The van der Waals surface area contributed by atoms with Crippen LogP contribution in [0.4, 0.5) is 4.79 Å². The predicted octanol–water partition coefficient (Wildman–Crippen LogP) is 3.44. The highest BCUT2D eigenvalue weighted by Crippen LogP contribution is 2.34. The molecule has 1 amide bonds. The van der Waals surface area contributed by atoms with Gasteiger partial charge in [-0.05, 0) is 39.0 Å². The molecule has 1 aromatic heterocycles. The Bertz CT molecular complexity index is 807. The van der Waals surface area contributed by atoms with Crippen molar-refractivity contribution < 1.29 is 19.4 Å². The fourth-order valence-corrected chi connectivity index (χ4v) is 3.49. The predicted molar refractivity (Wildman–Crippen MR) is 90.4 cm³/mol. The molecule has 0 spiro atoms. The van der Waals surface area contributed by atoms with Gasteiger partial charge in [0.1, 0.15) is 0 Å². The lowest BCUT2D eigenvalue weighted by Crippen LogP contribution is -2.36. The number of carbonyl (C=O) groups excluding carboxylic acids is 1. The third-order valence-electron chi connectivity index (χ3n) is 4.48. The van der Waals surface area contributed by atoms with E-state index in [1.807, 2.05) is 6.07 Å². The van der Waals surface area contributed by atoms with Crippen molar-refractivity contribution >= 4 is 23.0 Å². The number of hydrogen-bond donors (Lipinski definition) is 1. The van der Waals surface area contributed by atoms with Crippen LogP contribution in [-0.2, 0) is 17.7 Å². The molecule has 1 aromatic carbocycles. The Labute approximate surface area is 140 Å². The van der Waals surface area contributed by atoms with Crippen LogP contribution in [0.15, 0.2) is 18.2 Å². The molecule has 0 saturated carbocycles. The molecular formula is C18H22N2O4. The van der Waals surface area contributed by atoms with Crippen LogP contribution in [0.1, 0.15) is 48.4 Å². The third-order valence-corrected chi connectivity index (χ3v) is 4.48. The van der Waals surface area contributed by atoms with Gasteiger partial charge in [0.05, 0.1) is 18.7 Å². The summed E-state index contributed by atoms with van der Waals surface area (Å²) in [6, 6.07) is 5.48. The molecule has 1 aliphatic rings. The fourth-order valence-electron chi connectivity index (χ4n) is 3.49. The number of ether oxygens (including phenoxy) is 1. The number of carboxylic acids is 1. The molecule has 3 rings (SSSR count). The minimum Gasteiger partial charge on any atom is -0.478 e. The summed E-state index contributed by atoms with van der Waals surface area (Å²) in [5.41, 5.74) is 3.49. The molecular weight excluding hydrogens is 308 g/mol. The van der Waals surface area contributed by atoms with Crippen molar-refractivity contribution in [3.05, 3.63) is 35.0 Å².